The molecular weight excluding hydrogens is 190 g/mol. The van der Waals surface area contributed by atoms with Crippen molar-refractivity contribution >= 4 is 10.9 Å². The molecule has 0 aliphatic rings. The fourth-order valence-corrected chi connectivity index (χ4v) is 1.60. The molecule has 2 aromatic rings. The van der Waals surface area contributed by atoms with Gasteiger partial charge in [-0.15, -0.1) is 0 Å². The van der Waals surface area contributed by atoms with Crippen LogP contribution in [-0.4, -0.2) is 19.2 Å². The first kappa shape index (κ1) is 9.77. The van der Waals surface area contributed by atoms with Gasteiger partial charge in [0.25, 0.3) is 0 Å². The SMILES string of the molecule is COc1ccc2ccc(C)nc2c1OC. The molecule has 0 N–H and O–H groups in total. The second kappa shape index (κ2) is 3.77. The van der Waals surface area contributed by atoms with Gasteiger partial charge in [0.1, 0.15) is 5.52 Å². The molecule has 0 fully saturated rings. The van der Waals surface area contributed by atoms with Crippen LogP contribution in [0.25, 0.3) is 10.9 Å². The molecule has 0 spiro atoms. The van der Waals surface area contributed by atoms with E-state index in [4.69, 9.17) is 9.47 Å². The average Bonchev–Trinajstić information content (AvgIpc) is 2.27. The molecular formula is C12H13NO2. The highest BCUT2D eigenvalue weighted by Crippen LogP contribution is 2.33. The van der Waals surface area contributed by atoms with E-state index in [0.717, 1.165) is 16.6 Å². The highest BCUT2D eigenvalue weighted by Gasteiger charge is 2.09. The number of fused-ring (bicyclic) bond motifs is 1. The topological polar surface area (TPSA) is 31.4 Å². The Morgan fingerprint density at radius 3 is 2.40 bits per heavy atom. The van der Waals surface area contributed by atoms with Crippen LogP contribution < -0.4 is 9.47 Å². The maximum atomic E-state index is 5.32. The lowest BCUT2D eigenvalue weighted by Crippen LogP contribution is -1.93. The second-order valence-electron chi connectivity index (χ2n) is 3.33. The van der Waals surface area contributed by atoms with E-state index >= 15 is 0 Å². The Kier molecular flexibility index (Phi) is 2.46. The summed E-state index contributed by atoms with van der Waals surface area (Å²) < 4.78 is 10.5. The van der Waals surface area contributed by atoms with Crippen LogP contribution >= 0.6 is 0 Å². The quantitative estimate of drug-likeness (QED) is 0.751. The molecule has 0 saturated heterocycles. The third-order valence-electron chi connectivity index (χ3n) is 2.34. The largest absolute Gasteiger partial charge is 0.493 e. The van der Waals surface area contributed by atoms with Crippen molar-refractivity contribution < 1.29 is 9.47 Å². The van der Waals surface area contributed by atoms with Crippen LogP contribution in [0.4, 0.5) is 0 Å². The van der Waals surface area contributed by atoms with Gasteiger partial charge in [-0.05, 0) is 25.1 Å². The summed E-state index contributed by atoms with van der Waals surface area (Å²) in [6.45, 7) is 1.96. The molecule has 3 heteroatoms. The standard InChI is InChI=1S/C12H13NO2/c1-8-4-5-9-6-7-10(14-2)12(15-3)11(9)13-8/h4-7H,1-3H3. The molecule has 1 aromatic heterocycles. The van der Waals surface area contributed by atoms with Gasteiger partial charge in [0.2, 0.25) is 0 Å². The van der Waals surface area contributed by atoms with Crippen LogP contribution in [-0.2, 0) is 0 Å². The minimum atomic E-state index is 0.693. The van der Waals surface area contributed by atoms with Crippen molar-refractivity contribution in [2.45, 2.75) is 6.92 Å². The van der Waals surface area contributed by atoms with Gasteiger partial charge in [0, 0.05) is 11.1 Å². The van der Waals surface area contributed by atoms with E-state index in [1.807, 2.05) is 31.2 Å². The number of benzene rings is 1. The van der Waals surface area contributed by atoms with Crippen molar-refractivity contribution in [1.29, 1.82) is 0 Å². The van der Waals surface area contributed by atoms with Crippen molar-refractivity contribution in [3.8, 4) is 11.5 Å². The van der Waals surface area contributed by atoms with E-state index in [1.165, 1.54) is 0 Å². The number of aromatic nitrogens is 1. The third kappa shape index (κ3) is 1.61. The molecule has 0 unspecified atom stereocenters. The second-order valence-corrected chi connectivity index (χ2v) is 3.33. The summed E-state index contributed by atoms with van der Waals surface area (Å²) in [6.07, 6.45) is 0. The monoisotopic (exact) mass is 203 g/mol. The van der Waals surface area contributed by atoms with Crippen LogP contribution in [0, 0.1) is 6.92 Å². The molecule has 1 heterocycles. The smallest absolute Gasteiger partial charge is 0.187 e. The van der Waals surface area contributed by atoms with E-state index in [9.17, 15) is 0 Å². The summed E-state index contributed by atoms with van der Waals surface area (Å²) in [4.78, 5) is 4.45. The van der Waals surface area contributed by atoms with E-state index < -0.39 is 0 Å². The summed E-state index contributed by atoms with van der Waals surface area (Å²) in [5.41, 5.74) is 1.81. The first-order valence-electron chi connectivity index (χ1n) is 4.74. The van der Waals surface area contributed by atoms with Crippen LogP contribution in [0.15, 0.2) is 24.3 Å². The Bertz CT molecular complexity index is 494. The molecule has 0 saturated carbocycles. The van der Waals surface area contributed by atoms with Gasteiger partial charge in [0.15, 0.2) is 11.5 Å². The van der Waals surface area contributed by atoms with Gasteiger partial charge < -0.3 is 9.47 Å². The molecule has 0 amide bonds. The predicted octanol–water partition coefficient (Wildman–Crippen LogP) is 2.56. The average molecular weight is 203 g/mol. The Morgan fingerprint density at radius 2 is 1.73 bits per heavy atom. The molecule has 2 rings (SSSR count). The maximum absolute atomic E-state index is 5.32. The number of nitrogens with zero attached hydrogens (tertiary/aromatic N) is 1. The summed E-state index contributed by atoms with van der Waals surface area (Å²) in [5.74, 6) is 1.40. The minimum Gasteiger partial charge on any atom is -0.493 e. The number of rotatable bonds is 2. The Morgan fingerprint density at radius 1 is 1.00 bits per heavy atom. The normalized spacial score (nSPS) is 10.3. The summed E-state index contributed by atoms with van der Waals surface area (Å²) in [5, 5.41) is 1.05. The molecule has 0 radical (unpaired) electrons. The highest BCUT2D eigenvalue weighted by atomic mass is 16.5. The van der Waals surface area contributed by atoms with Gasteiger partial charge in [-0.25, -0.2) is 4.98 Å². The molecule has 0 atom stereocenters. The number of hydrogen-bond donors (Lipinski definition) is 0. The first-order chi connectivity index (χ1) is 7.26. The minimum absolute atomic E-state index is 0.693. The van der Waals surface area contributed by atoms with Gasteiger partial charge in [0.05, 0.1) is 14.2 Å². The van der Waals surface area contributed by atoms with Crippen molar-refractivity contribution in [3.05, 3.63) is 30.0 Å². The van der Waals surface area contributed by atoms with Crippen LogP contribution in [0.3, 0.4) is 0 Å². The zero-order chi connectivity index (χ0) is 10.8. The fraction of sp³-hybridized carbons (Fsp3) is 0.250. The van der Waals surface area contributed by atoms with Gasteiger partial charge in [-0.3, -0.25) is 0 Å². The number of aryl methyl sites for hydroxylation is 1. The number of methoxy groups -OCH3 is 2. The van der Waals surface area contributed by atoms with Crippen molar-refractivity contribution in [2.24, 2.45) is 0 Å². The Balaban J connectivity index is 2.79. The lowest BCUT2D eigenvalue weighted by Gasteiger charge is -2.09. The molecule has 78 valence electrons. The van der Waals surface area contributed by atoms with E-state index in [0.29, 0.717) is 11.5 Å². The number of pyridine rings is 1. The fourth-order valence-electron chi connectivity index (χ4n) is 1.60. The van der Waals surface area contributed by atoms with Crippen molar-refractivity contribution in [3.63, 3.8) is 0 Å². The highest BCUT2D eigenvalue weighted by molar-refractivity contribution is 5.87. The zero-order valence-electron chi connectivity index (χ0n) is 9.07. The van der Waals surface area contributed by atoms with Crippen LogP contribution in [0.1, 0.15) is 5.69 Å². The van der Waals surface area contributed by atoms with Gasteiger partial charge in [-0.2, -0.15) is 0 Å². The molecule has 1 aromatic carbocycles. The van der Waals surface area contributed by atoms with Crippen molar-refractivity contribution in [1.82, 2.24) is 4.98 Å². The van der Waals surface area contributed by atoms with E-state index in [2.05, 4.69) is 4.98 Å². The first-order valence-corrected chi connectivity index (χ1v) is 4.74. The number of ether oxygens (including phenoxy) is 2. The number of hydrogen-bond acceptors (Lipinski definition) is 3. The van der Waals surface area contributed by atoms with Crippen LogP contribution in [0.2, 0.25) is 0 Å². The molecule has 15 heavy (non-hydrogen) atoms. The Labute approximate surface area is 88.7 Å². The zero-order valence-corrected chi connectivity index (χ0v) is 9.07. The predicted molar refractivity (Wildman–Crippen MR) is 59.6 cm³/mol. The van der Waals surface area contributed by atoms with Gasteiger partial charge in [-0.1, -0.05) is 6.07 Å². The van der Waals surface area contributed by atoms with Gasteiger partial charge >= 0.3 is 0 Å². The van der Waals surface area contributed by atoms with E-state index in [1.54, 1.807) is 14.2 Å². The van der Waals surface area contributed by atoms with E-state index in [-0.39, 0.29) is 0 Å². The maximum Gasteiger partial charge on any atom is 0.187 e. The molecule has 0 aliphatic carbocycles. The summed E-state index contributed by atoms with van der Waals surface area (Å²) in [6, 6.07) is 7.87. The lowest BCUT2D eigenvalue weighted by molar-refractivity contribution is 0.358. The van der Waals surface area contributed by atoms with Crippen molar-refractivity contribution in [2.75, 3.05) is 14.2 Å². The summed E-state index contributed by atoms with van der Waals surface area (Å²) >= 11 is 0. The third-order valence-corrected chi connectivity index (χ3v) is 2.34. The van der Waals surface area contributed by atoms with Crippen LogP contribution in [0.5, 0.6) is 11.5 Å². The molecule has 3 nitrogen and oxygen atoms in total. The molecule has 0 aliphatic heterocycles. The summed E-state index contributed by atoms with van der Waals surface area (Å²) in [7, 11) is 3.25. The molecule has 0 bridgehead atoms. The Hall–Kier alpha value is -1.77. The lowest BCUT2D eigenvalue weighted by atomic mass is 10.2.